The molecule has 6 atom stereocenters. The number of rotatable bonds is 6. The third-order valence-electron chi connectivity index (χ3n) is 10.2. The highest BCUT2D eigenvalue weighted by molar-refractivity contribution is 6.24. The summed E-state index contributed by atoms with van der Waals surface area (Å²) in [7, 11) is 0. The van der Waals surface area contributed by atoms with Crippen molar-refractivity contribution in [2.24, 2.45) is 29.1 Å². The number of anilines is 1. The third kappa shape index (κ3) is 4.03. The molecular weight excluding hydrogens is 556 g/mol. The Morgan fingerprint density at radius 3 is 2.30 bits per heavy atom. The van der Waals surface area contributed by atoms with Gasteiger partial charge in [-0.3, -0.25) is 24.1 Å². The second-order valence-electron chi connectivity index (χ2n) is 12.4. The lowest BCUT2D eigenvalue weighted by molar-refractivity contribution is -0.141. The summed E-state index contributed by atoms with van der Waals surface area (Å²) < 4.78 is 5.72. The average molecular weight is 591 g/mol. The number of phenolic OH excluding ortho intramolecular Hbond substituents is 1. The molecule has 3 aromatic rings. The molecule has 224 valence electrons. The Hall–Kier alpha value is -4.72. The monoisotopic (exact) mass is 590 g/mol. The Morgan fingerprint density at radius 2 is 1.59 bits per heavy atom. The number of aromatic hydroxyl groups is 1. The molecule has 0 radical (unpaired) electrons. The molecular formula is C36H34N2O6. The zero-order valence-corrected chi connectivity index (χ0v) is 24.7. The van der Waals surface area contributed by atoms with Gasteiger partial charge in [-0.1, -0.05) is 66.2 Å². The molecule has 3 aromatic carbocycles. The standard InChI is InChI=1S/C36H34N2O6/c1-3-44-29-18-22(14-17-28(29)39)31-24-15-16-25-30(34(42)37(32(25)40)20-21-10-6-4-7-11-21)26(24)19-27-33(41)38(35(43)36(27,31)2)23-12-8-5-9-13-23/h4-15,17-18,25-27,30-31,39H,3,16,19-20H2,1-2H3. The summed E-state index contributed by atoms with van der Waals surface area (Å²) in [6.45, 7) is 4.21. The fourth-order valence-electron chi connectivity index (χ4n) is 8.19. The Bertz CT molecular complexity index is 1700. The van der Waals surface area contributed by atoms with Crippen molar-refractivity contribution in [2.45, 2.75) is 39.2 Å². The van der Waals surface area contributed by atoms with Crippen molar-refractivity contribution in [1.29, 1.82) is 0 Å². The first-order valence-corrected chi connectivity index (χ1v) is 15.2. The summed E-state index contributed by atoms with van der Waals surface area (Å²) in [5.41, 5.74) is 1.85. The van der Waals surface area contributed by atoms with Crippen LogP contribution in [0.25, 0.3) is 0 Å². The van der Waals surface area contributed by atoms with E-state index < -0.39 is 35.0 Å². The van der Waals surface area contributed by atoms with E-state index in [4.69, 9.17) is 4.74 Å². The predicted molar refractivity (Wildman–Crippen MR) is 162 cm³/mol. The highest BCUT2D eigenvalue weighted by Crippen LogP contribution is 2.64. The average Bonchev–Trinajstić information content (AvgIpc) is 3.39. The third-order valence-corrected chi connectivity index (χ3v) is 10.2. The maximum atomic E-state index is 14.5. The van der Waals surface area contributed by atoms with Crippen molar-refractivity contribution in [2.75, 3.05) is 11.5 Å². The number of phenols is 1. The molecule has 2 aliphatic heterocycles. The minimum Gasteiger partial charge on any atom is -0.504 e. The van der Waals surface area contributed by atoms with Gasteiger partial charge in [-0.25, -0.2) is 4.90 Å². The van der Waals surface area contributed by atoms with Crippen LogP contribution in [0.1, 0.15) is 43.7 Å². The molecule has 0 aromatic heterocycles. The molecule has 3 fully saturated rings. The predicted octanol–water partition coefficient (Wildman–Crippen LogP) is 5.22. The maximum Gasteiger partial charge on any atom is 0.241 e. The second-order valence-corrected chi connectivity index (χ2v) is 12.4. The van der Waals surface area contributed by atoms with Gasteiger partial charge in [0.15, 0.2) is 11.5 Å². The molecule has 44 heavy (non-hydrogen) atoms. The van der Waals surface area contributed by atoms with Gasteiger partial charge < -0.3 is 9.84 Å². The SMILES string of the molecule is CCOc1cc(C2C3=CCC4C(=O)N(Cc5ccccc5)C(=O)C4C3CC3C(=O)N(c4ccccc4)C(=O)C32C)ccc1O. The number of carbonyl (C=O) groups is 4. The van der Waals surface area contributed by atoms with Crippen molar-refractivity contribution in [1.82, 2.24) is 4.90 Å². The quantitative estimate of drug-likeness (QED) is 0.312. The number of ether oxygens (including phenoxy) is 1. The van der Waals surface area contributed by atoms with E-state index in [-0.39, 0.29) is 35.9 Å². The summed E-state index contributed by atoms with van der Waals surface area (Å²) in [5, 5.41) is 10.5. The first-order valence-electron chi connectivity index (χ1n) is 15.2. The van der Waals surface area contributed by atoms with Gasteiger partial charge in [-0.05, 0) is 68.0 Å². The largest absolute Gasteiger partial charge is 0.504 e. The van der Waals surface area contributed by atoms with Crippen LogP contribution in [0.15, 0.2) is 90.5 Å². The number of amides is 4. The maximum absolute atomic E-state index is 14.5. The van der Waals surface area contributed by atoms with E-state index >= 15 is 0 Å². The molecule has 4 aliphatic rings. The van der Waals surface area contributed by atoms with Crippen LogP contribution in [0.3, 0.4) is 0 Å². The van der Waals surface area contributed by atoms with Gasteiger partial charge in [0.1, 0.15) is 0 Å². The van der Waals surface area contributed by atoms with E-state index in [2.05, 4.69) is 0 Å². The molecule has 8 heteroatoms. The van der Waals surface area contributed by atoms with Crippen LogP contribution in [0.5, 0.6) is 11.5 Å². The van der Waals surface area contributed by atoms with Crippen LogP contribution in [0.4, 0.5) is 5.69 Å². The summed E-state index contributed by atoms with van der Waals surface area (Å²) in [5.74, 6) is -3.53. The number of allylic oxidation sites excluding steroid dienone is 2. The van der Waals surface area contributed by atoms with Crippen molar-refractivity contribution >= 4 is 29.3 Å². The Morgan fingerprint density at radius 1 is 0.886 bits per heavy atom. The molecule has 6 unspecified atom stereocenters. The number of para-hydroxylation sites is 1. The number of likely N-dealkylation sites (tertiary alicyclic amines) is 1. The molecule has 1 N–H and O–H groups in total. The van der Waals surface area contributed by atoms with Crippen LogP contribution in [0, 0.1) is 29.1 Å². The van der Waals surface area contributed by atoms with Crippen molar-refractivity contribution in [3.05, 3.63) is 102 Å². The van der Waals surface area contributed by atoms with Gasteiger partial charge >= 0.3 is 0 Å². The lowest BCUT2D eigenvalue weighted by Gasteiger charge is -2.49. The van der Waals surface area contributed by atoms with Gasteiger partial charge in [0, 0.05) is 5.92 Å². The van der Waals surface area contributed by atoms with Crippen molar-refractivity contribution in [3.63, 3.8) is 0 Å². The molecule has 0 bridgehead atoms. The van der Waals surface area contributed by atoms with Crippen LogP contribution in [0.2, 0.25) is 0 Å². The topological polar surface area (TPSA) is 104 Å². The minimum atomic E-state index is -1.15. The van der Waals surface area contributed by atoms with Crippen LogP contribution in [-0.4, -0.2) is 40.2 Å². The fourth-order valence-corrected chi connectivity index (χ4v) is 8.19. The second kappa shape index (κ2) is 10.5. The molecule has 2 heterocycles. The van der Waals surface area contributed by atoms with E-state index in [1.807, 2.05) is 56.3 Å². The number of hydrogen-bond acceptors (Lipinski definition) is 6. The number of benzene rings is 3. The summed E-state index contributed by atoms with van der Waals surface area (Å²) in [6.07, 6.45) is 2.71. The van der Waals surface area contributed by atoms with Crippen LogP contribution in [-0.2, 0) is 25.7 Å². The van der Waals surface area contributed by atoms with Gasteiger partial charge in [0.2, 0.25) is 23.6 Å². The van der Waals surface area contributed by atoms with E-state index in [1.165, 1.54) is 9.80 Å². The number of imide groups is 2. The van der Waals surface area contributed by atoms with Crippen LogP contribution < -0.4 is 9.64 Å². The Balaban J connectivity index is 1.35. The molecule has 8 nitrogen and oxygen atoms in total. The normalized spacial score (nSPS) is 29.3. The molecule has 4 amide bonds. The lowest BCUT2D eigenvalue weighted by Crippen LogP contribution is -2.48. The minimum absolute atomic E-state index is 0.0183. The smallest absolute Gasteiger partial charge is 0.241 e. The number of nitrogens with zero attached hydrogens (tertiary/aromatic N) is 2. The van der Waals surface area contributed by atoms with Gasteiger partial charge in [0.25, 0.3) is 0 Å². The number of carbonyl (C=O) groups excluding carboxylic acids is 4. The molecule has 7 rings (SSSR count). The van der Waals surface area contributed by atoms with E-state index in [0.29, 0.717) is 30.9 Å². The molecule has 1 saturated carbocycles. The summed E-state index contributed by atoms with van der Waals surface area (Å²) in [4.78, 5) is 59.2. The van der Waals surface area contributed by atoms with Gasteiger partial charge in [-0.2, -0.15) is 0 Å². The summed E-state index contributed by atoms with van der Waals surface area (Å²) in [6, 6.07) is 23.5. The Kier molecular flexibility index (Phi) is 6.68. The molecule has 2 saturated heterocycles. The van der Waals surface area contributed by atoms with Crippen molar-refractivity contribution in [3.8, 4) is 11.5 Å². The fraction of sp³-hybridized carbons (Fsp3) is 0.333. The van der Waals surface area contributed by atoms with E-state index in [1.54, 1.807) is 42.5 Å². The lowest BCUT2D eigenvalue weighted by atomic mass is 9.51. The Labute approximate surface area is 255 Å². The first-order chi connectivity index (χ1) is 21.3. The highest BCUT2D eigenvalue weighted by Gasteiger charge is 2.67. The highest BCUT2D eigenvalue weighted by atomic mass is 16.5. The number of fused-ring (bicyclic) bond motifs is 4. The molecule has 2 aliphatic carbocycles. The van der Waals surface area contributed by atoms with Gasteiger partial charge in [-0.15, -0.1) is 0 Å². The van der Waals surface area contributed by atoms with Crippen molar-refractivity contribution < 1.29 is 29.0 Å². The van der Waals surface area contributed by atoms with Crippen LogP contribution >= 0.6 is 0 Å². The summed E-state index contributed by atoms with van der Waals surface area (Å²) >= 11 is 0. The van der Waals surface area contributed by atoms with E-state index in [9.17, 15) is 24.3 Å². The van der Waals surface area contributed by atoms with Gasteiger partial charge in [0.05, 0.1) is 42.0 Å². The number of hydrogen-bond donors (Lipinski definition) is 1. The first kappa shape index (κ1) is 28.1. The molecule has 0 spiro atoms. The van der Waals surface area contributed by atoms with E-state index in [0.717, 1.165) is 16.7 Å². The zero-order valence-electron chi connectivity index (χ0n) is 24.7. The zero-order chi connectivity index (χ0) is 30.7.